The lowest BCUT2D eigenvalue weighted by molar-refractivity contribution is -0.119. The fourth-order valence-electron chi connectivity index (χ4n) is 2.46. The third kappa shape index (κ3) is 5.60. The first-order valence-electron chi connectivity index (χ1n) is 8.69. The third-order valence-electron chi connectivity index (χ3n) is 3.84. The van der Waals surface area contributed by atoms with Crippen LogP contribution in [0, 0.1) is 0 Å². The lowest BCUT2D eigenvalue weighted by atomic mass is 10.2. The van der Waals surface area contributed by atoms with Crippen molar-refractivity contribution < 1.29 is 19.1 Å². The molecule has 0 aromatic heterocycles. The number of rotatable bonds is 8. The van der Waals surface area contributed by atoms with Gasteiger partial charge in [-0.25, -0.2) is 0 Å². The molecule has 0 radical (unpaired) electrons. The second-order valence-corrected chi connectivity index (χ2v) is 6.04. The molecule has 0 aliphatic carbocycles. The van der Waals surface area contributed by atoms with Crippen molar-refractivity contribution >= 4 is 17.5 Å². The van der Waals surface area contributed by atoms with Crippen molar-refractivity contribution in [1.29, 1.82) is 0 Å². The number of carbonyl (C=O) groups excluding carboxylic acids is 2. The maximum Gasteiger partial charge on any atom is 0.255 e. The molecule has 142 valence electrons. The van der Waals surface area contributed by atoms with Gasteiger partial charge in [0.2, 0.25) is 0 Å². The van der Waals surface area contributed by atoms with E-state index >= 15 is 0 Å². The smallest absolute Gasteiger partial charge is 0.255 e. The molecule has 0 saturated carbocycles. The van der Waals surface area contributed by atoms with Gasteiger partial charge in [-0.2, -0.15) is 0 Å². The SMILES string of the molecule is NC(=O)COc1ccc(NC(=O)c2cccc(OCc3ccccc3)c2)cc1. The van der Waals surface area contributed by atoms with Gasteiger partial charge in [-0.15, -0.1) is 0 Å². The first kappa shape index (κ1) is 19.0. The van der Waals surface area contributed by atoms with Gasteiger partial charge in [0.25, 0.3) is 11.8 Å². The molecular formula is C22H20N2O4. The Morgan fingerprint density at radius 2 is 1.57 bits per heavy atom. The van der Waals surface area contributed by atoms with E-state index in [9.17, 15) is 9.59 Å². The normalized spacial score (nSPS) is 10.1. The minimum Gasteiger partial charge on any atom is -0.489 e. The van der Waals surface area contributed by atoms with Gasteiger partial charge >= 0.3 is 0 Å². The topological polar surface area (TPSA) is 90.7 Å². The Labute approximate surface area is 162 Å². The first-order valence-corrected chi connectivity index (χ1v) is 8.69. The van der Waals surface area contributed by atoms with Gasteiger partial charge in [-0.05, 0) is 48.0 Å². The monoisotopic (exact) mass is 376 g/mol. The Hall–Kier alpha value is -3.80. The number of hydrogen-bond donors (Lipinski definition) is 2. The average Bonchev–Trinajstić information content (AvgIpc) is 2.72. The van der Waals surface area contributed by atoms with Crippen molar-refractivity contribution in [2.24, 2.45) is 5.73 Å². The van der Waals surface area contributed by atoms with Crippen molar-refractivity contribution in [3.8, 4) is 11.5 Å². The zero-order valence-electron chi connectivity index (χ0n) is 15.1. The van der Waals surface area contributed by atoms with E-state index in [0.717, 1.165) is 5.56 Å². The highest BCUT2D eigenvalue weighted by atomic mass is 16.5. The predicted molar refractivity (Wildman–Crippen MR) is 106 cm³/mol. The summed E-state index contributed by atoms with van der Waals surface area (Å²) in [4.78, 5) is 23.2. The molecule has 28 heavy (non-hydrogen) atoms. The summed E-state index contributed by atoms with van der Waals surface area (Å²) in [7, 11) is 0. The van der Waals surface area contributed by atoms with Crippen LogP contribution in [0.1, 0.15) is 15.9 Å². The van der Waals surface area contributed by atoms with Crippen molar-refractivity contribution in [3.63, 3.8) is 0 Å². The molecule has 3 N–H and O–H groups in total. The molecule has 0 bridgehead atoms. The van der Waals surface area contributed by atoms with E-state index in [0.29, 0.717) is 29.4 Å². The van der Waals surface area contributed by atoms with E-state index in [1.54, 1.807) is 42.5 Å². The zero-order chi connectivity index (χ0) is 19.8. The highest BCUT2D eigenvalue weighted by Crippen LogP contribution is 2.19. The minimum absolute atomic E-state index is 0.193. The summed E-state index contributed by atoms with van der Waals surface area (Å²) in [6.45, 7) is 0.236. The van der Waals surface area contributed by atoms with E-state index in [-0.39, 0.29) is 12.5 Å². The van der Waals surface area contributed by atoms with Gasteiger partial charge in [0, 0.05) is 11.3 Å². The summed E-state index contributed by atoms with van der Waals surface area (Å²) < 4.78 is 10.9. The highest BCUT2D eigenvalue weighted by Gasteiger charge is 2.08. The number of nitrogens with two attached hydrogens (primary N) is 1. The molecule has 0 heterocycles. The molecule has 2 amide bonds. The van der Waals surface area contributed by atoms with E-state index < -0.39 is 5.91 Å². The molecule has 0 unspecified atom stereocenters. The molecule has 3 aromatic carbocycles. The number of nitrogens with one attached hydrogen (secondary N) is 1. The molecule has 0 atom stereocenters. The Bertz CT molecular complexity index is 940. The zero-order valence-corrected chi connectivity index (χ0v) is 15.1. The average molecular weight is 376 g/mol. The number of primary amides is 1. The minimum atomic E-state index is -0.549. The van der Waals surface area contributed by atoms with Crippen LogP contribution in [0.4, 0.5) is 5.69 Å². The van der Waals surface area contributed by atoms with Crippen LogP contribution in [0.5, 0.6) is 11.5 Å². The van der Waals surface area contributed by atoms with E-state index in [4.69, 9.17) is 15.2 Å². The number of benzene rings is 3. The number of amides is 2. The third-order valence-corrected chi connectivity index (χ3v) is 3.84. The van der Waals surface area contributed by atoms with Gasteiger partial charge in [0.05, 0.1) is 0 Å². The Morgan fingerprint density at radius 3 is 2.29 bits per heavy atom. The Balaban J connectivity index is 1.59. The van der Waals surface area contributed by atoms with Crippen LogP contribution in [0.3, 0.4) is 0 Å². The van der Waals surface area contributed by atoms with Gasteiger partial charge in [-0.1, -0.05) is 36.4 Å². The lowest BCUT2D eigenvalue weighted by Gasteiger charge is -2.10. The molecule has 3 rings (SSSR count). The first-order chi connectivity index (χ1) is 13.6. The molecule has 0 aliphatic rings. The van der Waals surface area contributed by atoms with Gasteiger partial charge in [0.1, 0.15) is 18.1 Å². The summed E-state index contributed by atoms with van der Waals surface area (Å²) in [5, 5.41) is 2.81. The van der Waals surface area contributed by atoms with E-state index in [1.165, 1.54) is 0 Å². The van der Waals surface area contributed by atoms with Crippen molar-refractivity contribution in [2.45, 2.75) is 6.61 Å². The van der Waals surface area contributed by atoms with E-state index in [1.807, 2.05) is 36.4 Å². The Kier molecular flexibility index (Phi) is 6.25. The molecule has 0 fully saturated rings. The van der Waals surface area contributed by atoms with Crippen molar-refractivity contribution in [3.05, 3.63) is 90.0 Å². The van der Waals surface area contributed by atoms with Crippen LogP contribution >= 0.6 is 0 Å². The summed E-state index contributed by atoms with van der Waals surface area (Å²) in [5.41, 5.74) is 7.18. The number of hydrogen-bond acceptors (Lipinski definition) is 4. The molecule has 0 spiro atoms. The van der Waals surface area contributed by atoms with Crippen LogP contribution in [0.2, 0.25) is 0 Å². The van der Waals surface area contributed by atoms with Crippen molar-refractivity contribution in [1.82, 2.24) is 0 Å². The Morgan fingerprint density at radius 1 is 0.821 bits per heavy atom. The van der Waals surface area contributed by atoms with Crippen LogP contribution < -0.4 is 20.5 Å². The van der Waals surface area contributed by atoms with Crippen LogP contribution in [-0.4, -0.2) is 18.4 Å². The molecule has 0 saturated heterocycles. The van der Waals surface area contributed by atoms with Gasteiger partial charge in [-0.3, -0.25) is 9.59 Å². The number of ether oxygens (including phenoxy) is 2. The van der Waals surface area contributed by atoms with E-state index in [2.05, 4.69) is 5.32 Å². The van der Waals surface area contributed by atoms with Crippen molar-refractivity contribution in [2.75, 3.05) is 11.9 Å². The maximum absolute atomic E-state index is 12.5. The summed E-state index contributed by atoms with van der Waals surface area (Å²) in [6, 6.07) is 23.5. The second kappa shape index (κ2) is 9.23. The van der Waals surface area contributed by atoms with Crippen LogP contribution in [0.15, 0.2) is 78.9 Å². The summed E-state index contributed by atoms with van der Waals surface area (Å²) >= 11 is 0. The summed E-state index contributed by atoms with van der Waals surface area (Å²) in [5.74, 6) is 0.308. The van der Waals surface area contributed by atoms with Crippen LogP contribution in [-0.2, 0) is 11.4 Å². The standard InChI is InChI=1S/C22H20N2O4/c23-21(25)15-28-19-11-9-18(10-12-19)24-22(26)17-7-4-8-20(13-17)27-14-16-5-2-1-3-6-16/h1-13H,14-15H2,(H2,23,25)(H,24,26). The molecule has 6 nitrogen and oxygen atoms in total. The van der Waals surface area contributed by atoms with Gasteiger partial charge < -0.3 is 20.5 Å². The number of carbonyl (C=O) groups is 2. The maximum atomic E-state index is 12.5. The molecular weight excluding hydrogens is 356 g/mol. The quantitative estimate of drug-likeness (QED) is 0.631. The fraction of sp³-hybridized carbons (Fsp3) is 0.0909. The molecule has 3 aromatic rings. The van der Waals surface area contributed by atoms with Crippen LogP contribution in [0.25, 0.3) is 0 Å². The number of anilines is 1. The molecule has 6 heteroatoms. The molecule has 0 aliphatic heterocycles. The second-order valence-electron chi connectivity index (χ2n) is 6.04. The summed E-state index contributed by atoms with van der Waals surface area (Å²) in [6.07, 6.45) is 0. The lowest BCUT2D eigenvalue weighted by Crippen LogP contribution is -2.20. The van der Waals surface area contributed by atoms with Gasteiger partial charge in [0.15, 0.2) is 6.61 Å². The highest BCUT2D eigenvalue weighted by molar-refractivity contribution is 6.04. The largest absolute Gasteiger partial charge is 0.489 e. The predicted octanol–water partition coefficient (Wildman–Crippen LogP) is 3.38. The fourth-order valence-corrected chi connectivity index (χ4v) is 2.46.